The second-order valence-corrected chi connectivity index (χ2v) is 2.16. The maximum absolute atomic E-state index is 8.96. The van der Waals surface area contributed by atoms with E-state index in [1.165, 1.54) is 14.2 Å². The van der Waals surface area contributed by atoms with Crippen molar-refractivity contribution >= 4 is 0 Å². The number of nitrogens with zero attached hydrogens (tertiary/aromatic N) is 1. The Labute approximate surface area is 70.8 Å². The largest absolute Gasteiger partial charge is 0.496 e. The van der Waals surface area contributed by atoms with Gasteiger partial charge in [0.25, 0.3) is 0 Å². The Kier molecular flexibility index (Phi) is 2.88. The minimum absolute atomic E-state index is 0.139. The lowest BCUT2D eigenvalue weighted by molar-refractivity contribution is 0.262. The molecule has 1 N–H and O–H groups in total. The lowest BCUT2D eigenvalue weighted by Crippen LogP contribution is -1.98. The third kappa shape index (κ3) is 1.48. The molecule has 0 bridgehead atoms. The number of pyridine rings is 1. The molecule has 0 aliphatic heterocycles. The monoisotopic (exact) mass is 169 g/mol. The highest BCUT2D eigenvalue weighted by molar-refractivity contribution is 5.38. The van der Waals surface area contributed by atoms with Gasteiger partial charge < -0.3 is 14.6 Å². The Morgan fingerprint density at radius 3 is 2.67 bits per heavy atom. The molecule has 1 aromatic heterocycles. The van der Waals surface area contributed by atoms with Gasteiger partial charge in [0.1, 0.15) is 5.75 Å². The Bertz CT molecular complexity index is 240. The van der Waals surface area contributed by atoms with Crippen LogP contribution >= 0.6 is 0 Å². The van der Waals surface area contributed by atoms with Crippen LogP contribution in [0.4, 0.5) is 0 Å². The van der Waals surface area contributed by atoms with Gasteiger partial charge in [0.15, 0.2) is 0 Å². The van der Waals surface area contributed by atoms with Crippen LogP contribution in [0, 0.1) is 0 Å². The van der Waals surface area contributed by atoms with E-state index in [9.17, 15) is 0 Å². The summed E-state index contributed by atoms with van der Waals surface area (Å²) in [6.07, 6.45) is 1.57. The number of methoxy groups -OCH3 is 2. The number of rotatable bonds is 3. The van der Waals surface area contributed by atoms with Crippen molar-refractivity contribution in [3.05, 3.63) is 17.8 Å². The van der Waals surface area contributed by atoms with Crippen LogP contribution in [-0.2, 0) is 6.61 Å². The fourth-order valence-electron chi connectivity index (χ4n) is 0.969. The van der Waals surface area contributed by atoms with Gasteiger partial charge in [0.2, 0.25) is 5.88 Å². The van der Waals surface area contributed by atoms with E-state index >= 15 is 0 Å². The topological polar surface area (TPSA) is 51.6 Å². The van der Waals surface area contributed by atoms with Crippen LogP contribution in [0.5, 0.6) is 11.6 Å². The highest BCUT2D eigenvalue weighted by atomic mass is 16.5. The zero-order valence-electron chi connectivity index (χ0n) is 7.07. The summed E-state index contributed by atoms with van der Waals surface area (Å²) in [5, 5.41) is 8.96. The molecule has 0 spiro atoms. The zero-order valence-corrected chi connectivity index (χ0v) is 7.07. The molecule has 0 aliphatic rings. The van der Waals surface area contributed by atoms with Crippen LogP contribution in [0.1, 0.15) is 5.56 Å². The van der Waals surface area contributed by atoms with Gasteiger partial charge in [-0.15, -0.1) is 0 Å². The van der Waals surface area contributed by atoms with Crippen molar-refractivity contribution in [1.82, 2.24) is 4.98 Å². The van der Waals surface area contributed by atoms with Crippen molar-refractivity contribution in [2.45, 2.75) is 6.61 Å². The summed E-state index contributed by atoms with van der Waals surface area (Å²) in [5.74, 6) is 0.987. The summed E-state index contributed by atoms with van der Waals surface area (Å²) in [5.41, 5.74) is 0.572. The first kappa shape index (κ1) is 8.80. The van der Waals surface area contributed by atoms with E-state index in [0.717, 1.165) is 0 Å². The molecule has 0 unspecified atom stereocenters. The van der Waals surface area contributed by atoms with E-state index in [2.05, 4.69) is 4.98 Å². The second-order valence-electron chi connectivity index (χ2n) is 2.16. The molecule has 0 aromatic carbocycles. The Hall–Kier alpha value is -1.29. The van der Waals surface area contributed by atoms with Crippen molar-refractivity contribution in [3.63, 3.8) is 0 Å². The average molecular weight is 169 g/mol. The molecule has 0 fully saturated rings. The van der Waals surface area contributed by atoms with Crippen LogP contribution in [-0.4, -0.2) is 24.3 Å². The van der Waals surface area contributed by atoms with Crippen LogP contribution in [0.15, 0.2) is 12.3 Å². The van der Waals surface area contributed by atoms with E-state index in [4.69, 9.17) is 14.6 Å². The molecular formula is C8H11NO3. The first-order valence-corrected chi connectivity index (χ1v) is 3.50. The van der Waals surface area contributed by atoms with E-state index in [0.29, 0.717) is 17.2 Å². The summed E-state index contributed by atoms with van der Waals surface area (Å²) < 4.78 is 9.93. The van der Waals surface area contributed by atoms with Crippen molar-refractivity contribution < 1.29 is 14.6 Å². The van der Waals surface area contributed by atoms with E-state index in [-0.39, 0.29) is 6.61 Å². The average Bonchev–Trinajstić information content (AvgIpc) is 2.16. The summed E-state index contributed by atoms with van der Waals surface area (Å²) in [7, 11) is 3.04. The van der Waals surface area contributed by atoms with Gasteiger partial charge in [-0.1, -0.05) is 0 Å². The highest BCUT2D eigenvalue weighted by Gasteiger charge is 2.08. The van der Waals surface area contributed by atoms with Crippen LogP contribution in [0.25, 0.3) is 0 Å². The van der Waals surface area contributed by atoms with Crippen molar-refractivity contribution in [2.75, 3.05) is 14.2 Å². The third-order valence-corrected chi connectivity index (χ3v) is 1.54. The lowest BCUT2D eigenvalue weighted by atomic mass is 10.2. The molecule has 0 amide bonds. The third-order valence-electron chi connectivity index (χ3n) is 1.54. The normalized spacial score (nSPS) is 9.58. The van der Waals surface area contributed by atoms with Crippen LogP contribution in [0.2, 0.25) is 0 Å². The fourth-order valence-corrected chi connectivity index (χ4v) is 0.969. The Morgan fingerprint density at radius 1 is 1.42 bits per heavy atom. The standard InChI is InChI=1S/C8H11NO3/c1-11-7-3-4-9-8(12-2)6(7)5-10/h3-4,10H,5H2,1-2H3. The second kappa shape index (κ2) is 3.92. The number of aromatic nitrogens is 1. The lowest BCUT2D eigenvalue weighted by Gasteiger charge is -2.08. The van der Waals surface area contributed by atoms with E-state index in [1.807, 2.05) is 0 Å². The summed E-state index contributed by atoms with van der Waals surface area (Å²) in [4.78, 5) is 3.91. The Balaban J connectivity index is 3.13. The van der Waals surface area contributed by atoms with Crippen molar-refractivity contribution in [3.8, 4) is 11.6 Å². The first-order valence-electron chi connectivity index (χ1n) is 3.50. The van der Waals surface area contributed by atoms with E-state index < -0.39 is 0 Å². The number of aliphatic hydroxyl groups excluding tert-OH is 1. The minimum atomic E-state index is -0.139. The van der Waals surface area contributed by atoms with Crippen LogP contribution < -0.4 is 9.47 Å². The van der Waals surface area contributed by atoms with Gasteiger partial charge in [-0.3, -0.25) is 0 Å². The number of hydrogen-bond acceptors (Lipinski definition) is 4. The quantitative estimate of drug-likeness (QED) is 0.719. The minimum Gasteiger partial charge on any atom is -0.496 e. The summed E-state index contributed by atoms with van der Waals surface area (Å²) in [6, 6.07) is 1.67. The molecule has 0 aliphatic carbocycles. The molecule has 1 aromatic rings. The molecule has 0 radical (unpaired) electrons. The number of hydrogen-bond donors (Lipinski definition) is 1. The van der Waals surface area contributed by atoms with Crippen molar-refractivity contribution in [1.29, 1.82) is 0 Å². The zero-order chi connectivity index (χ0) is 8.97. The van der Waals surface area contributed by atoms with Gasteiger partial charge in [-0.2, -0.15) is 0 Å². The molecule has 4 nitrogen and oxygen atoms in total. The molecule has 66 valence electrons. The van der Waals surface area contributed by atoms with Gasteiger partial charge >= 0.3 is 0 Å². The fraction of sp³-hybridized carbons (Fsp3) is 0.375. The van der Waals surface area contributed by atoms with Gasteiger partial charge in [-0.25, -0.2) is 4.98 Å². The van der Waals surface area contributed by atoms with Gasteiger partial charge in [0.05, 0.1) is 26.4 Å². The molecule has 12 heavy (non-hydrogen) atoms. The maximum atomic E-state index is 8.96. The molecule has 0 saturated heterocycles. The molecular weight excluding hydrogens is 158 g/mol. The smallest absolute Gasteiger partial charge is 0.222 e. The number of aliphatic hydroxyl groups is 1. The Morgan fingerprint density at radius 2 is 2.17 bits per heavy atom. The van der Waals surface area contributed by atoms with Crippen molar-refractivity contribution in [2.24, 2.45) is 0 Å². The predicted molar refractivity (Wildman–Crippen MR) is 43.3 cm³/mol. The summed E-state index contributed by atoms with van der Waals surface area (Å²) >= 11 is 0. The highest BCUT2D eigenvalue weighted by Crippen LogP contribution is 2.24. The number of ether oxygens (including phenoxy) is 2. The van der Waals surface area contributed by atoms with Gasteiger partial charge in [0, 0.05) is 6.20 Å². The van der Waals surface area contributed by atoms with E-state index in [1.54, 1.807) is 12.3 Å². The molecule has 1 heterocycles. The molecule has 0 atom stereocenters. The summed E-state index contributed by atoms with van der Waals surface area (Å²) in [6.45, 7) is -0.139. The molecule has 4 heteroatoms. The first-order chi connectivity index (χ1) is 5.83. The molecule has 0 saturated carbocycles. The van der Waals surface area contributed by atoms with Crippen LogP contribution in [0.3, 0.4) is 0 Å². The maximum Gasteiger partial charge on any atom is 0.222 e. The van der Waals surface area contributed by atoms with Gasteiger partial charge in [-0.05, 0) is 6.07 Å². The SMILES string of the molecule is COc1ccnc(OC)c1CO. The predicted octanol–water partition coefficient (Wildman–Crippen LogP) is 0.591. The molecule has 1 rings (SSSR count).